The molecule has 0 saturated carbocycles. The van der Waals surface area contributed by atoms with E-state index in [1.807, 2.05) is 0 Å². The zero-order valence-electron chi connectivity index (χ0n) is 49.5. The first kappa shape index (κ1) is 68.1. The first-order chi connectivity index (χ1) is 40.9. The van der Waals surface area contributed by atoms with Crippen LogP contribution in [0.4, 0.5) is 0 Å². The average Bonchev–Trinajstić information content (AvgIpc) is 2.36. The minimum absolute atomic E-state index is 0.0622. The van der Waals surface area contributed by atoms with Crippen molar-refractivity contribution in [3.8, 4) is 5.75 Å². The number of unbranched alkanes of at least 4 members (excludes halogenated alkanes) is 6. The lowest BCUT2D eigenvalue weighted by atomic mass is 9.85. The van der Waals surface area contributed by atoms with Gasteiger partial charge in [0, 0.05) is 87.2 Å². The maximum atomic E-state index is 15.1. The lowest BCUT2D eigenvalue weighted by Crippen LogP contribution is -2.56. The molecular formula is C59H85N9O17S. The second kappa shape index (κ2) is 32.1. The molecule has 2 fully saturated rings. The van der Waals surface area contributed by atoms with Crippen molar-refractivity contribution in [2.75, 3.05) is 45.1 Å². The van der Waals surface area contributed by atoms with Gasteiger partial charge in [-0.15, -0.1) is 0 Å². The van der Waals surface area contributed by atoms with E-state index in [4.69, 9.17) is 10.5 Å². The third-order valence-corrected chi connectivity index (χ3v) is 18.2. The smallest absolute Gasteiger partial charge is 0.243 e. The summed E-state index contributed by atoms with van der Waals surface area (Å²) >= 11 is 0. The number of imide groups is 1. The Balaban J connectivity index is 1.29. The molecule has 1 aromatic heterocycles. The highest BCUT2D eigenvalue weighted by molar-refractivity contribution is 7.85. The SMILES string of the molecule is CC[C@H](C)[C@@H]1NC(=O)CNC(=O)[C@@H]2CC(=O)[C@H]([C@@H](C)[C@@H](O)CO)NC(=O)[C@@H]3C[C@@H](O)CN3C(=O)[C@H](CC(N)=O)CC(=O)[C@H](CS(=O)c3[nH]c4cc(OCCCCCCCC(=O)CCCCCN5C(=O)CC(C)C5=O)ccc4c3C2)NC(=O)CNC1=O. The normalized spacial score (nSPS) is 26.2. The number of hydrogen-bond acceptors (Lipinski definition) is 17. The highest BCUT2D eigenvalue weighted by Crippen LogP contribution is 2.33. The predicted molar refractivity (Wildman–Crippen MR) is 310 cm³/mol. The molecule has 0 aliphatic carbocycles. The molecular weight excluding hydrogens is 1140 g/mol. The van der Waals surface area contributed by atoms with Crippen LogP contribution >= 0.6 is 0 Å². The molecule has 2 bridgehead atoms. The largest absolute Gasteiger partial charge is 0.494 e. The Morgan fingerprint density at radius 1 is 0.791 bits per heavy atom. The van der Waals surface area contributed by atoms with Crippen molar-refractivity contribution in [2.45, 2.75) is 178 Å². The molecule has 6 rings (SSSR count). The number of amides is 9. The molecule has 1 aromatic carbocycles. The van der Waals surface area contributed by atoms with Crippen molar-refractivity contribution >= 4 is 92.2 Å². The fourth-order valence-corrected chi connectivity index (χ4v) is 12.9. The van der Waals surface area contributed by atoms with Gasteiger partial charge in [0.15, 0.2) is 11.6 Å². The van der Waals surface area contributed by atoms with Gasteiger partial charge in [-0.05, 0) is 55.7 Å². The number of primary amides is 1. The van der Waals surface area contributed by atoms with Crippen molar-refractivity contribution in [3.05, 3.63) is 23.8 Å². The zero-order valence-corrected chi connectivity index (χ0v) is 50.3. The van der Waals surface area contributed by atoms with Crippen molar-refractivity contribution in [1.82, 2.24) is 41.4 Å². The van der Waals surface area contributed by atoms with Gasteiger partial charge < -0.3 is 62.3 Å². The Morgan fingerprint density at radius 3 is 2.12 bits per heavy atom. The van der Waals surface area contributed by atoms with Crippen molar-refractivity contribution in [1.29, 1.82) is 0 Å². The number of fused-ring (bicyclic) bond motifs is 5. The Labute approximate surface area is 501 Å². The summed E-state index contributed by atoms with van der Waals surface area (Å²) in [5, 5.41) is 44.9. The molecule has 4 aliphatic rings. The van der Waals surface area contributed by atoms with E-state index in [1.165, 1.54) is 11.8 Å². The highest BCUT2D eigenvalue weighted by Gasteiger charge is 2.45. The molecule has 0 radical (unpaired) electrons. The van der Waals surface area contributed by atoms with Crippen LogP contribution in [0.5, 0.6) is 5.75 Å². The molecule has 9 amide bonds. The summed E-state index contributed by atoms with van der Waals surface area (Å²) in [6.07, 6.45) is 1.50. The summed E-state index contributed by atoms with van der Waals surface area (Å²) in [4.78, 5) is 169. The third kappa shape index (κ3) is 18.5. The number of likely N-dealkylation sites (tertiary alicyclic amines) is 1. The molecule has 0 spiro atoms. The summed E-state index contributed by atoms with van der Waals surface area (Å²) in [5.74, 6) is -13.7. The van der Waals surface area contributed by atoms with Gasteiger partial charge in [0.05, 0.1) is 78.6 Å². The molecule has 4 aliphatic heterocycles. The summed E-state index contributed by atoms with van der Waals surface area (Å²) in [5.41, 5.74) is 6.15. The molecule has 27 heteroatoms. The second-order valence-electron chi connectivity index (χ2n) is 23.4. The standard InChI is InChI=1S/C59H85N9O17S/c1-5-32(2)52-56(81)62-27-49(76)63-43-31-86(84)57-41(40-17-16-39(26-42(40)64-57)85-19-13-8-6-7-10-14-37(70)15-11-9-12-18-67-51(78)20-33(3)58(67)82)21-35(54(79)61-28-50(77)65-52)22-46(73)53(34(4)47(74)30-69)66-55(80)44-25-38(71)29-68(44)59(83)36(23-45(43)72)24-48(60)75/h16-17,26,32-36,38,43-44,47,52-53,64,69,71,74H,5-15,18-25,27-31H2,1-4H3,(H2,60,75)(H,61,79)(H,62,81)(H,63,76)(H,65,77)(H,66,80)/t32-,33?,34-,35-,36-,38+,43-,44-,47-,52-,53-,86?/m0/s1. The van der Waals surface area contributed by atoms with E-state index in [-0.39, 0.29) is 46.9 Å². The molecule has 2 unspecified atom stereocenters. The molecule has 474 valence electrons. The first-order valence-corrected chi connectivity index (χ1v) is 31.3. The van der Waals surface area contributed by atoms with Gasteiger partial charge in [0.25, 0.3) is 0 Å². The predicted octanol–water partition coefficient (Wildman–Crippen LogP) is -0.201. The number of ether oxygens (including phenoxy) is 1. The van der Waals surface area contributed by atoms with Gasteiger partial charge in [-0.2, -0.15) is 0 Å². The third-order valence-electron chi connectivity index (χ3n) is 16.8. The number of nitrogens with two attached hydrogens (primary N) is 1. The molecule has 11 N–H and O–H groups in total. The van der Waals surface area contributed by atoms with Gasteiger partial charge in [-0.25, -0.2) is 0 Å². The molecule has 5 heterocycles. The van der Waals surface area contributed by atoms with Gasteiger partial charge >= 0.3 is 0 Å². The van der Waals surface area contributed by atoms with Crippen LogP contribution < -0.4 is 37.1 Å². The van der Waals surface area contributed by atoms with Crippen LogP contribution in [0.3, 0.4) is 0 Å². The van der Waals surface area contributed by atoms with Crippen LogP contribution in [0.2, 0.25) is 0 Å². The van der Waals surface area contributed by atoms with Crippen LogP contribution in [0.15, 0.2) is 23.2 Å². The topological polar surface area (TPSA) is 400 Å². The minimum Gasteiger partial charge on any atom is -0.494 e. The van der Waals surface area contributed by atoms with E-state index in [1.54, 1.807) is 39.0 Å². The van der Waals surface area contributed by atoms with Gasteiger partial charge in [-0.3, -0.25) is 66.6 Å². The summed E-state index contributed by atoms with van der Waals surface area (Å²) in [7, 11) is -2.34. The number of carbonyl (C=O) groups excluding carboxylic acids is 12. The Hall–Kier alpha value is -6.97. The van der Waals surface area contributed by atoms with E-state index in [0.29, 0.717) is 68.3 Å². The zero-order chi connectivity index (χ0) is 62.9. The number of nitrogens with one attached hydrogen (secondary N) is 6. The van der Waals surface area contributed by atoms with E-state index in [2.05, 4.69) is 31.6 Å². The summed E-state index contributed by atoms with van der Waals surface area (Å²) < 4.78 is 21.2. The molecule has 2 saturated heterocycles. The number of aromatic amines is 1. The number of carbonyl (C=O) groups is 12. The number of benzene rings is 1. The summed E-state index contributed by atoms with van der Waals surface area (Å²) in [6.45, 7) is 4.42. The Morgan fingerprint density at radius 2 is 1.45 bits per heavy atom. The highest BCUT2D eigenvalue weighted by atomic mass is 32.2. The fourth-order valence-electron chi connectivity index (χ4n) is 11.5. The van der Waals surface area contributed by atoms with Gasteiger partial charge in [0.2, 0.25) is 53.2 Å². The number of aromatic nitrogens is 1. The molecule has 86 heavy (non-hydrogen) atoms. The van der Waals surface area contributed by atoms with E-state index < -0.39 is 181 Å². The van der Waals surface area contributed by atoms with Crippen LogP contribution in [0.25, 0.3) is 10.9 Å². The number of ketones is 3. The lowest BCUT2D eigenvalue weighted by molar-refractivity contribution is -0.145. The second-order valence-corrected chi connectivity index (χ2v) is 24.9. The van der Waals surface area contributed by atoms with E-state index in [9.17, 15) is 72.9 Å². The maximum absolute atomic E-state index is 15.1. The van der Waals surface area contributed by atoms with Crippen molar-refractivity contribution < 1.29 is 81.8 Å². The number of H-pyrrole nitrogens is 1. The van der Waals surface area contributed by atoms with Crippen LogP contribution in [0.1, 0.15) is 136 Å². The van der Waals surface area contributed by atoms with Crippen LogP contribution in [-0.2, 0) is 74.8 Å². The van der Waals surface area contributed by atoms with E-state index >= 15 is 4.21 Å². The van der Waals surface area contributed by atoms with Crippen LogP contribution in [0, 0.1) is 29.6 Å². The lowest BCUT2D eigenvalue weighted by Gasteiger charge is -2.32. The molecule has 12 atom stereocenters. The average molecular weight is 1220 g/mol. The van der Waals surface area contributed by atoms with Crippen molar-refractivity contribution in [2.24, 2.45) is 35.3 Å². The monoisotopic (exact) mass is 1220 g/mol. The van der Waals surface area contributed by atoms with Gasteiger partial charge in [0.1, 0.15) is 28.6 Å². The number of Topliss-reactive ketones (excluding diaryl/α,β-unsaturated/α-hetero) is 3. The number of nitrogens with zero attached hydrogens (tertiary/aromatic N) is 2. The molecule has 2 aromatic rings. The number of hydrogen-bond donors (Lipinski definition) is 10. The number of aliphatic hydroxyl groups is 3. The Bertz CT molecular complexity index is 2880. The van der Waals surface area contributed by atoms with Crippen molar-refractivity contribution in [3.63, 3.8) is 0 Å². The number of aliphatic hydroxyl groups excluding tert-OH is 3. The summed E-state index contributed by atoms with van der Waals surface area (Å²) in [6, 6.07) is -1.22. The Kier molecular flexibility index (Phi) is 25.5. The first-order valence-electron chi connectivity index (χ1n) is 30.0. The fraction of sp³-hybridized carbons (Fsp3) is 0.661. The number of rotatable bonds is 22. The quantitative estimate of drug-likeness (QED) is 0.0539. The van der Waals surface area contributed by atoms with Gasteiger partial charge in [-0.1, -0.05) is 59.8 Å². The maximum Gasteiger partial charge on any atom is 0.243 e. The molecule has 26 nitrogen and oxygen atoms in total. The van der Waals surface area contributed by atoms with E-state index in [0.717, 1.165) is 37.0 Å². The minimum atomic E-state index is -2.34. The van der Waals surface area contributed by atoms with Crippen LogP contribution in [-0.4, -0.2) is 186 Å².